The van der Waals surface area contributed by atoms with Crippen LogP contribution in [0.1, 0.15) is 5.56 Å². The van der Waals surface area contributed by atoms with Gasteiger partial charge in [0, 0.05) is 16.1 Å². The lowest BCUT2D eigenvalue weighted by atomic mass is 10.2. The Morgan fingerprint density at radius 1 is 1.54 bits per heavy atom. The number of hydrogen-bond acceptors (Lipinski definition) is 3. The van der Waals surface area contributed by atoms with E-state index >= 15 is 0 Å². The average molecular weight is 242 g/mol. The van der Waals surface area contributed by atoms with E-state index in [-0.39, 0.29) is 0 Å². The first-order chi connectivity index (χ1) is 6.19. The van der Waals surface area contributed by atoms with E-state index in [0.29, 0.717) is 11.4 Å². The van der Waals surface area contributed by atoms with Crippen LogP contribution in [0.15, 0.2) is 21.6 Å². The molecule has 0 aromatic heterocycles. The van der Waals surface area contributed by atoms with Gasteiger partial charge in [0.15, 0.2) is 0 Å². The highest BCUT2D eigenvalue weighted by molar-refractivity contribution is 9.10. The predicted octanol–water partition coefficient (Wildman–Crippen LogP) is 2.73. The number of isocyanates is 1. The zero-order valence-corrected chi connectivity index (χ0v) is 8.88. The summed E-state index contributed by atoms with van der Waals surface area (Å²) < 4.78 is 5.95. The molecule has 1 aromatic carbocycles. The van der Waals surface area contributed by atoms with Gasteiger partial charge in [0.1, 0.15) is 5.75 Å². The van der Waals surface area contributed by atoms with E-state index in [2.05, 4.69) is 20.9 Å². The normalized spacial score (nSPS) is 9.15. The number of nitrogens with zero attached hydrogens (tertiary/aromatic N) is 1. The van der Waals surface area contributed by atoms with Gasteiger partial charge in [0.2, 0.25) is 6.08 Å². The van der Waals surface area contributed by atoms with Crippen molar-refractivity contribution in [2.24, 2.45) is 4.99 Å². The number of rotatable bonds is 2. The van der Waals surface area contributed by atoms with Gasteiger partial charge in [-0.15, -0.1) is 0 Å². The van der Waals surface area contributed by atoms with Crippen molar-refractivity contribution >= 4 is 27.7 Å². The molecule has 0 aliphatic heterocycles. The lowest BCUT2D eigenvalue weighted by Crippen LogP contribution is -1.87. The molecule has 0 saturated heterocycles. The predicted molar refractivity (Wildman–Crippen MR) is 53.2 cm³/mol. The first-order valence-corrected chi connectivity index (χ1v) is 4.40. The van der Waals surface area contributed by atoms with Gasteiger partial charge in [-0.05, 0) is 13.0 Å². The van der Waals surface area contributed by atoms with Crippen LogP contribution < -0.4 is 4.74 Å². The van der Waals surface area contributed by atoms with E-state index in [1.165, 1.54) is 6.08 Å². The lowest BCUT2D eigenvalue weighted by Gasteiger charge is -2.06. The number of halogens is 1. The van der Waals surface area contributed by atoms with E-state index in [4.69, 9.17) is 4.74 Å². The Morgan fingerprint density at radius 2 is 2.23 bits per heavy atom. The molecule has 0 radical (unpaired) electrons. The molecule has 0 unspecified atom stereocenters. The highest BCUT2D eigenvalue weighted by atomic mass is 79.9. The Kier molecular flexibility index (Phi) is 3.23. The average Bonchev–Trinajstić information content (AvgIpc) is 2.11. The molecule has 0 atom stereocenters. The SMILES string of the molecule is COc1cc(N=C=O)cc(Br)c1C. The summed E-state index contributed by atoms with van der Waals surface area (Å²) in [6.45, 7) is 1.91. The van der Waals surface area contributed by atoms with Crippen molar-refractivity contribution in [3.63, 3.8) is 0 Å². The Balaban J connectivity index is 3.29. The van der Waals surface area contributed by atoms with Crippen LogP contribution in [-0.4, -0.2) is 13.2 Å². The Morgan fingerprint density at radius 3 is 2.77 bits per heavy atom. The van der Waals surface area contributed by atoms with Crippen molar-refractivity contribution in [1.29, 1.82) is 0 Å². The summed E-state index contributed by atoms with van der Waals surface area (Å²) in [6.07, 6.45) is 1.48. The van der Waals surface area contributed by atoms with Gasteiger partial charge in [0.25, 0.3) is 0 Å². The van der Waals surface area contributed by atoms with Gasteiger partial charge in [-0.1, -0.05) is 15.9 Å². The fourth-order valence-electron chi connectivity index (χ4n) is 0.969. The number of methoxy groups -OCH3 is 1. The van der Waals surface area contributed by atoms with Crippen LogP contribution in [-0.2, 0) is 4.79 Å². The van der Waals surface area contributed by atoms with Gasteiger partial charge in [-0.25, -0.2) is 4.79 Å². The molecule has 0 aliphatic carbocycles. The van der Waals surface area contributed by atoms with Crippen molar-refractivity contribution in [2.75, 3.05) is 7.11 Å². The minimum absolute atomic E-state index is 0.532. The topological polar surface area (TPSA) is 38.7 Å². The van der Waals surface area contributed by atoms with Crippen LogP contribution in [0, 0.1) is 6.92 Å². The zero-order chi connectivity index (χ0) is 9.84. The van der Waals surface area contributed by atoms with Gasteiger partial charge in [-0.2, -0.15) is 4.99 Å². The molecule has 0 aliphatic rings. The molecule has 3 nitrogen and oxygen atoms in total. The lowest BCUT2D eigenvalue weighted by molar-refractivity contribution is 0.411. The highest BCUT2D eigenvalue weighted by Crippen LogP contribution is 2.31. The summed E-state index contributed by atoms with van der Waals surface area (Å²) >= 11 is 3.34. The molecule has 1 aromatic rings. The standard InChI is InChI=1S/C9H8BrNO2/c1-6-8(10)3-7(11-5-12)4-9(6)13-2/h3-4H,1-2H3. The second-order valence-electron chi connectivity index (χ2n) is 2.46. The fraction of sp³-hybridized carbons (Fsp3) is 0.222. The number of carbonyl (C=O) groups excluding carboxylic acids is 1. The summed E-state index contributed by atoms with van der Waals surface area (Å²) in [5.74, 6) is 0.698. The maximum Gasteiger partial charge on any atom is 0.240 e. The van der Waals surface area contributed by atoms with Crippen molar-refractivity contribution in [3.8, 4) is 5.75 Å². The molecule has 0 amide bonds. The third kappa shape index (κ3) is 2.17. The van der Waals surface area contributed by atoms with Crippen LogP contribution in [0.3, 0.4) is 0 Å². The molecule has 0 spiro atoms. The molecule has 68 valence electrons. The molecule has 0 heterocycles. The van der Waals surface area contributed by atoms with E-state index in [1.807, 2.05) is 6.92 Å². The highest BCUT2D eigenvalue weighted by Gasteiger charge is 2.04. The Hall–Kier alpha value is -1.12. The van der Waals surface area contributed by atoms with E-state index < -0.39 is 0 Å². The molecule has 0 fully saturated rings. The number of ether oxygens (including phenoxy) is 1. The molecule has 1 rings (SSSR count). The number of benzene rings is 1. The first kappa shape index (κ1) is 9.96. The molecular formula is C9H8BrNO2. The molecule has 0 saturated carbocycles. The Labute approximate surface area is 84.6 Å². The smallest absolute Gasteiger partial charge is 0.240 e. The van der Waals surface area contributed by atoms with Crippen LogP contribution in [0.25, 0.3) is 0 Å². The first-order valence-electron chi connectivity index (χ1n) is 3.61. The third-order valence-electron chi connectivity index (χ3n) is 1.68. The molecule has 13 heavy (non-hydrogen) atoms. The summed E-state index contributed by atoms with van der Waals surface area (Å²) in [5.41, 5.74) is 1.51. The van der Waals surface area contributed by atoms with E-state index in [9.17, 15) is 4.79 Å². The molecule has 0 bridgehead atoms. The van der Waals surface area contributed by atoms with Crippen LogP contribution in [0.5, 0.6) is 5.75 Å². The molecular weight excluding hydrogens is 234 g/mol. The minimum Gasteiger partial charge on any atom is -0.496 e. The van der Waals surface area contributed by atoms with Crippen molar-refractivity contribution < 1.29 is 9.53 Å². The van der Waals surface area contributed by atoms with Crippen LogP contribution >= 0.6 is 15.9 Å². The second-order valence-corrected chi connectivity index (χ2v) is 3.31. The summed E-state index contributed by atoms with van der Waals surface area (Å²) in [5, 5.41) is 0. The zero-order valence-electron chi connectivity index (χ0n) is 7.30. The monoisotopic (exact) mass is 241 g/mol. The van der Waals surface area contributed by atoms with Crippen molar-refractivity contribution in [2.45, 2.75) is 6.92 Å². The van der Waals surface area contributed by atoms with E-state index in [1.54, 1.807) is 19.2 Å². The number of aliphatic imine (C=N–C) groups is 1. The quantitative estimate of drug-likeness (QED) is 0.590. The van der Waals surface area contributed by atoms with Gasteiger partial charge in [0.05, 0.1) is 12.8 Å². The van der Waals surface area contributed by atoms with Crippen LogP contribution in [0.4, 0.5) is 5.69 Å². The summed E-state index contributed by atoms with van der Waals surface area (Å²) in [7, 11) is 1.57. The minimum atomic E-state index is 0.532. The second kappa shape index (κ2) is 4.21. The third-order valence-corrected chi connectivity index (χ3v) is 2.50. The summed E-state index contributed by atoms with van der Waals surface area (Å²) in [6, 6.07) is 3.42. The largest absolute Gasteiger partial charge is 0.496 e. The van der Waals surface area contributed by atoms with E-state index in [0.717, 1.165) is 10.0 Å². The number of hydrogen-bond donors (Lipinski definition) is 0. The van der Waals surface area contributed by atoms with Crippen LogP contribution in [0.2, 0.25) is 0 Å². The summed E-state index contributed by atoms with van der Waals surface area (Å²) in [4.78, 5) is 13.5. The molecule has 4 heteroatoms. The van der Waals surface area contributed by atoms with Crippen molar-refractivity contribution in [3.05, 3.63) is 22.2 Å². The maximum absolute atomic E-state index is 10.0. The maximum atomic E-state index is 10.0. The fourth-order valence-corrected chi connectivity index (χ4v) is 1.40. The molecule has 0 N–H and O–H groups in total. The van der Waals surface area contributed by atoms with Gasteiger partial charge in [-0.3, -0.25) is 0 Å². The van der Waals surface area contributed by atoms with Crippen molar-refractivity contribution in [1.82, 2.24) is 0 Å². The Bertz CT molecular complexity index is 370. The van der Waals surface area contributed by atoms with Gasteiger partial charge >= 0.3 is 0 Å². The van der Waals surface area contributed by atoms with Gasteiger partial charge < -0.3 is 4.74 Å².